The molecule has 1 aromatic carbocycles. The monoisotopic (exact) mass is 300 g/mol. The van der Waals surface area contributed by atoms with E-state index < -0.39 is 0 Å². The summed E-state index contributed by atoms with van der Waals surface area (Å²) < 4.78 is 0. The number of nitrogens with one attached hydrogen (secondary N) is 1. The first-order valence-electron chi connectivity index (χ1n) is 8.78. The summed E-state index contributed by atoms with van der Waals surface area (Å²) in [4.78, 5) is 14.7. The molecular weight excluding hydrogens is 272 g/mol. The van der Waals surface area contributed by atoms with Gasteiger partial charge in [0.05, 0.1) is 6.04 Å². The molecule has 22 heavy (non-hydrogen) atoms. The van der Waals surface area contributed by atoms with Gasteiger partial charge in [0.25, 0.3) is 0 Å². The smallest absolute Gasteiger partial charge is 0.239 e. The Bertz CT molecular complexity index is 479. The van der Waals surface area contributed by atoms with E-state index in [1.807, 2.05) is 0 Å². The molecule has 2 fully saturated rings. The maximum atomic E-state index is 12.6. The number of rotatable bonds is 3. The minimum atomic E-state index is 0.0643. The van der Waals surface area contributed by atoms with Crippen LogP contribution < -0.4 is 5.32 Å². The van der Waals surface area contributed by atoms with E-state index in [1.54, 1.807) is 0 Å². The standard InChI is InChI=1S/C19H28N2O/c1-15-7-10-20-18(13-15)19(22)21-11-8-17(9-12-21)14-16-5-3-2-4-6-16/h2-6,15,17-18,20H,7-14H2,1H3. The molecule has 1 amide bonds. The Morgan fingerprint density at radius 3 is 2.59 bits per heavy atom. The van der Waals surface area contributed by atoms with Crippen molar-refractivity contribution >= 4 is 5.91 Å². The molecule has 1 N–H and O–H groups in total. The highest BCUT2D eigenvalue weighted by Crippen LogP contribution is 2.23. The lowest BCUT2D eigenvalue weighted by atomic mass is 9.89. The van der Waals surface area contributed by atoms with Crippen LogP contribution in [0.5, 0.6) is 0 Å². The van der Waals surface area contributed by atoms with Crippen LogP contribution in [0.2, 0.25) is 0 Å². The molecule has 0 saturated carbocycles. The summed E-state index contributed by atoms with van der Waals surface area (Å²) in [5, 5.41) is 3.41. The number of piperidine rings is 2. The number of hydrogen-bond donors (Lipinski definition) is 1. The zero-order chi connectivity index (χ0) is 15.4. The number of carbonyl (C=O) groups is 1. The minimum absolute atomic E-state index is 0.0643. The summed E-state index contributed by atoms with van der Waals surface area (Å²) in [6.07, 6.45) is 5.64. The van der Waals surface area contributed by atoms with Crippen LogP contribution in [0.1, 0.15) is 38.2 Å². The first kappa shape index (κ1) is 15.5. The van der Waals surface area contributed by atoms with Crippen molar-refractivity contribution in [2.24, 2.45) is 11.8 Å². The van der Waals surface area contributed by atoms with Gasteiger partial charge in [-0.25, -0.2) is 0 Å². The van der Waals surface area contributed by atoms with Crippen LogP contribution in [-0.2, 0) is 11.2 Å². The average molecular weight is 300 g/mol. The molecule has 2 aliphatic rings. The van der Waals surface area contributed by atoms with E-state index in [2.05, 4.69) is 47.5 Å². The van der Waals surface area contributed by atoms with Crippen molar-refractivity contribution in [1.82, 2.24) is 10.2 Å². The van der Waals surface area contributed by atoms with Gasteiger partial charge in [0.2, 0.25) is 5.91 Å². The van der Waals surface area contributed by atoms with E-state index in [-0.39, 0.29) is 6.04 Å². The van der Waals surface area contributed by atoms with Gasteiger partial charge >= 0.3 is 0 Å². The van der Waals surface area contributed by atoms with Gasteiger partial charge in [-0.3, -0.25) is 4.79 Å². The van der Waals surface area contributed by atoms with Crippen LogP contribution in [0.15, 0.2) is 30.3 Å². The Balaban J connectivity index is 1.48. The Kier molecular flexibility index (Phi) is 5.14. The quantitative estimate of drug-likeness (QED) is 0.931. The lowest BCUT2D eigenvalue weighted by molar-refractivity contribution is -0.135. The molecule has 3 rings (SSSR count). The summed E-state index contributed by atoms with van der Waals surface area (Å²) in [6, 6.07) is 10.8. The molecule has 2 heterocycles. The van der Waals surface area contributed by atoms with Gasteiger partial charge in [-0.15, -0.1) is 0 Å². The molecule has 0 aromatic heterocycles. The van der Waals surface area contributed by atoms with Crippen LogP contribution in [0.25, 0.3) is 0 Å². The third kappa shape index (κ3) is 3.89. The van der Waals surface area contributed by atoms with Gasteiger partial charge in [-0.05, 0) is 56.0 Å². The maximum absolute atomic E-state index is 12.6. The minimum Gasteiger partial charge on any atom is -0.341 e. The van der Waals surface area contributed by atoms with E-state index in [0.29, 0.717) is 11.8 Å². The number of carbonyl (C=O) groups excluding carboxylic acids is 1. The molecule has 2 atom stereocenters. The van der Waals surface area contributed by atoms with E-state index >= 15 is 0 Å². The number of likely N-dealkylation sites (tertiary alicyclic amines) is 1. The van der Waals surface area contributed by atoms with Gasteiger partial charge in [-0.2, -0.15) is 0 Å². The Labute approximate surface area is 134 Å². The largest absolute Gasteiger partial charge is 0.341 e. The lowest BCUT2D eigenvalue weighted by Crippen LogP contribution is -2.52. The predicted octanol–water partition coefficient (Wildman–Crippen LogP) is 2.86. The van der Waals surface area contributed by atoms with E-state index in [0.717, 1.165) is 51.2 Å². The first-order valence-corrected chi connectivity index (χ1v) is 8.78. The first-order chi connectivity index (χ1) is 10.7. The highest BCUT2D eigenvalue weighted by molar-refractivity contribution is 5.82. The van der Waals surface area contributed by atoms with E-state index in [1.165, 1.54) is 12.0 Å². The van der Waals surface area contributed by atoms with E-state index in [9.17, 15) is 4.79 Å². The molecule has 0 bridgehead atoms. The van der Waals surface area contributed by atoms with Crippen molar-refractivity contribution in [2.45, 2.75) is 45.1 Å². The fourth-order valence-electron chi connectivity index (χ4n) is 3.82. The summed E-state index contributed by atoms with van der Waals surface area (Å²) in [5.41, 5.74) is 1.43. The molecule has 2 unspecified atom stereocenters. The normalized spacial score (nSPS) is 26.9. The second kappa shape index (κ2) is 7.28. The SMILES string of the molecule is CC1CCNC(C(=O)N2CCC(Cc3ccccc3)CC2)C1. The fourth-order valence-corrected chi connectivity index (χ4v) is 3.82. The molecule has 3 heteroatoms. The molecular formula is C19H28N2O. The highest BCUT2D eigenvalue weighted by Gasteiger charge is 2.30. The van der Waals surface area contributed by atoms with E-state index in [4.69, 9.17) is 0 Å². The number of amides is 1. The maximum Gasteiger partial charge on any atom is 0.239 e. The summed E-state index contributed by atoms with van der Waals surface area (Å²) in [7, 11) is 0. The Morgan fingerprint density at radius 1 is 1.18 bits per heavy atom. The lowest BCUT2D eigenvalue weighted by Gasteiger charge is -2.36. The number of nitrogens with zero attached hydrogens (tertiary/aromatic N) is 1. The zero-order valence-corrected chi connectivity index (χ0v) is 13.6. The molecule has 2 saturated heterocycles. The van der Waals surface area contributed by atoms with Gasteiger partial charge in [0.1, 0.15) is 0 Å². The average Bonchev–Trinajstić information content (AvgIpc) is 2.56. The molecule has 0 spiro atoms. The Hall–Kier alpha value is -1.35. The Morgan fingerprint density at radius 2 is 1.91 bits per heavy atom. The van der Waals surface area contributed by atoms with Crippen molar-refractivity contribution in [3.8, 4) is 0 Å². The van der Waals surface area contributed by atoms with Crippen LogP contribution in [0.4, 0.5) is 0 Å². The molecule has 1 aromatic rings. The van der Waals surface area contributed by atoms with Crippen molar-refractivity contribution in [3.63, 3.8) is 0 Å². The third-order valence-electron chi connectivity index (χ3n) is 5.26. The van der Waals surface area contributed by atoms with Crippen LogP contribution in [0, 0.1) is 11.8 Å². The van der Waals surface area contributed by atoms with Gasteiger partial charge < -0.3 is 10.2 Å². The second-order valence-corrected chi connectivity index (χ2v) is 7.09. The molecule has 2 aliphatic heterocycles. The van der Waals surface area contributed by atoms with Gasteiger partial charge in [0.15, 0.2) is 0 Å². The predicted molar refractivity (Wildman–Crippen MR) is 89.6 cm³/mol. The topological polar surface area (TPSA) is 32.3 Å². The summed E-state index contributed by atoms with van der Waals surface area (Å²) in [6.45, 7) is 5.11. The summed E-state index contributed by atoms with van der Waals surface area (Å²) >= 11 is 0. The van der Waals surface area contributed by atoms with Crippen LogP contribution in [0.3, 0.4) is 0 Å². The second-order valence-electron chi connectivity index (χ2n) is 7.09. The van der Waals surface area contributed by atoms with Crippen molar-refractivity contribution in [3.05, 3.63) is 35.9 Å². The van der Waals surface area contributed by atoms with Crippen molar-refractivity contribution in [2.75, 3.05) is 19.6 Å². The third-order valence-corrected chi connectivity index (χ3v) is 5.26. The van der Waals surface area contributed by atoms with Crippen molar-refractivity contribution in [1.29, 1.82) is 0 Å². The van der Waals surface area contributed by atoms with Gasteiger partial charge in [0, 0.05) is 13.1 Å². The number of hydrogen-bond acceptors (Lipinski definition) is 2. The summed E-state index contributed by atoms with van der Waals surface area (Å²) in [5.74, 6) is 1.74. The molecule has 0 aliphatic carbocycles. The molecule has 0 radical (unpaired) electrons. The number of benzene rings is 1. The molecule has 3 nitrogen and oxygen atoms in total. The zero-order valence-electron chi connectivity index (χ0n) is 13.6. The highest BCUT2D eigenvalue weighted by atomic mass is 16.2. The fraction of sp³-hybridized carbons (Fsp3) is 0.632. The van der Waals surface area contributed by atoms with Gasteiger partial charge in [-0.1, -0.05) is 37.3 Å². The molecule has 120 valence electrons. The van der Waals surface area contributed by atoms with Crippen LogP contribution >= 0.6 is 0 Å². The van der Waals surface area contributed by atoms with Crippen molar-refractivity contribution < 1.29 is 4.79 Å². The van der Waals surface area contributed by atoms with Crippen LogP contribution in [-0.4, -0.2) is 36.5 Å².